The molecule has 0 atom stereocenters. The topological polar surface area (TPSA) is 21.7 Å². The summed E-state index contributed by atoms with van der Waals surface area (Å²) in [4.78, 5) is 1.76. The molecule has 0 saturated heterocycles. The van der Waals surface area contributed by atoms with Crippen LogP contribution in [0.4, 0.5) is 0 Å². The lowest BCUT2D eigenvalue weighted by Crippen LogP contribution is -2.22. The highest BCUT2D eigenvalue weighted by atomic mass is 32.1. The van der Waals surface area contributed by atoms with Crippen LogP contribution in [0.3, 0.4) is 0 Å². The average Bonchev–Trinajstić information content (AvgIpc) is 2.26. The summed E-state index contributed by atoms with van der Waals surface area (Å²) < 4.78 is 10.4. The largest absolute Gasteiger partial charge is 0.497 e. The number of thiocarbonyl (C=S) groups is 1. The van der Waals surface area contributed by atoms with Gasteiger partial charge in [0, 0.05) is 14.1 Å². The number of rotatable bonds is 3. The van der Waals surface area contributed by atoms with Crippen LogP contribution in [0, 0.1) is 0 Å². The van der Waals surface area contributed by atoms with Gasteiger partial charge in [0.1, 0.15) is 12.4 Å². The van der Waals surface area contributed by atoms with Crippen molar-refractivity contribution in [1.82, 2.24) is 4.90 Å². The molecule has 0 saturated carbocycles. The van der Waals surface area contributed by atoms with Crippen LogP contribution in [-0.4, -0.2) is 31.3 Å². The van der Waals surface area contributed by atoms with Gasteiger partial charge < -0.3 is 14.4 Å². The van der Waals surface area contributed by atoms with E-state index >= 15 is 0 Å². The Bertz CT molecular complexity index is 322. The van der Waals surface area contributed by atoms with E-state index in [1.165, 1.54) is 0 Å². The molecule has 82 valence electrons. The van der Waals surface area contributed by atoms with Crippen molar-refractivity contribution in [3.8, 4) is 5.75 Å². The molecule has 0 fully saturated rings. The maximum atomic E-state index is 5.38. The SMILES string of the molecule is COc1ccc(COC(=S)N(C)C)cc1. The van der Waals surface area contributed by atoms with Crippen LogP contribution in [0.1, 0.15) is 5.56 Å². The van der Waals surface area contributed by atoms with Gasteiger partial charge in [0.25, 0.3) is 5.17 Å². The van der Waals surface area contributed by atoms with Gasteiger partial charge in [0.2, 0.25) is 0 Å². The van der Waals surface area contributed by atoms with Crippen LogP contribution in [0.2, 0.25) is 0 Å². The monoisotopic (exact) mass is 225 g/mol. The fourth-order valence-electron chi connectivity index (χ4n) is 0.996. The Morgan fingerprint density at radius 2 is 1.87 bits per heavy atom. The van der Waals surface area contributed by atoms with Crippen molar-refractivity contribution in [3.05, 3.63) is 29.8 Å². The quantitative estimate of drug-likeness (QED) is 0.734. The van der Waals surface area contributed by atoms with Crippen molar-refractivity contribution in [3.63, 3.8) is 0 Å². The molecule has 1 aromatic carbocycles. The van der Waals surface area contributed by atoms with E-state index in [2.05, 4.69) is 0 Å². The molecule has 1 aromatic rings. The summed E-state index contributed by atoms with van der Waals surface area (Å²) in [5.41, 5.74) is 1.07. The zero-order valence-corrected chi connectivity index (χ0v) is 10.0. The van der Waals surface area contributed by atoms with Crippen molar-refractivity contribution in [2.45, 2.75) is 6.61 Å². The van der Waals surface area contributed by atoms with E-state index in [4.69, 9.17) is 21.7 Å². The molecule has 0 bridgehead atoms. The molecule has 0 heterocycles. The lowest BCUT2D eigenvalue weighted by atomic mass is 10.2. The Balaban J connectivity index is 2.47. The van der Waals surface area contributed by atoms with Crippen molar-refractivity contribution >= 4 is 17.4 Å². The Kier molecular flexibility index (Phi) is 4.37. The number of methoxy groups -OCH3 is 1. The smallest absolute Gasteiger partial charge is 0.259 e. The van der Waals surface area contributed by atoms with Gasteiger partial charge in [-0.2, -0.15) is 0 Å². The molecule has 0 aromatic heterocycles. The maximum Gasteiger partial charge on any atom is 0.259 e. The molecule has 0 radical (unpaired) electrons. The highest BCUT2D eigenvalue weighted by Gasteiger charge is 2.00. The van der Waals surface area contributed by atoms with Gasteiger partial charge >= 0.3 is 0 Å². The first-order chi connectivity index (χ1) is 7.13. The molecule has 0 amide bonds. The van der Waals surface area contributed by atoms with Gasteiger partial charge in [0.05, 0.1) is 7.11 Å². The lowest BCUT2D eigenvalue weighted by Gasteiger charge is -2.14. The first-order valence-corrected chi connectivity index (χ1v) is 5.01. The minimum atomic E-state index is 0.487. The minimum Gasteiger partial charge on any atom is -0.497 e. The third kappa shape index (κ3) is 3.75. The van der Waals surface area contributed by atoms with E-state index in [0.29, 0.717) is 11.8 Å². The number of nitrogens with zero attached hydrogens (tertiary/aromatic N) is 1. The van der Waals surface area contributed by atoms with Gasteiger partial charge in [-0.15, -0.1) is 0 Å². The molecule has 1 rings (SSSR count). The van der Waals surface area contributed by atoms with Crippen LogP contribution in [-0.2, 0) is 11.3 Å². The summed E-state index contributed by atoms with van der Waals surface area (Å²) in [6.07, 6.45) is 0. The molecule has 0 N–H and O–H groups in total. The number of hydrogen-bond donors (Lipinski definition) is 0. The van der Waals surface area contributed by atoms with E-state index in [0.717, 1.165) is 11.3 Å². The second-order valence-corrected chi connectivity index (χ2v) is 3.65. The maximum absolute atomic E-state index is 5.38. The molecule has 0 aliphatic carbocycles. The Morgan fingerprint density at radius 3 is 2.33 bits per heavy atom. The van der Waals surface area contributed by atoms with Gasteiger partial charge in [-0.25, -0.2) is 0 Å². The standard InChI is InChI=1S/C11H15NO2S/c1-12(2)11(15)14-8-9-4-6-10(13-3)7-5-9/h4-7H,8H2,1-3H3. The van der Waals surface area contributed by atoms with Crippen LogP contribution >= 0.6 is 12.2 Å². The first-order valence-electron chi connectivity index (χ1n) is 4.60. The Hall–Kier alpha value is -1.29. The van der Waals surface area contributed by atoms with E-state index in [9.17, 15) is 0 Å². The lowest BCUT2D eigenvalue weighted by molar-refractivity contribution is 0.257. The van der Waals surface area contributed by atoms with E-state index in [-0.39, 0.29) is 0 Å². The highest BCUT2D eigenvalue weighted by molar-refractivity contribution is 7.79. The zero-order chi connectivity index (χ0) is 11.3. The second-order valence-electron chi connectivity index (χ2n) is 3.30. The zero-order valence-electron chi connectivity index (χ0n) is 9.19. The Morgan fingerprint density at radius 1 is 1.27 bits per heavy atom. The van der Waals surface area contributed by atoms with Crippen molar-refractivity contribution < 1.29 is 9.47 Å². The number of ether oxygens (including phenoxy) is 2. The molecule has 0 aliphatic rings. The average molecular weight is 225 g/mol. The summed E-state index contributed by atoms with van der Waals surface area (Å²) in [7, 11) is 5.36. The summed E-state index contributed by atoms with van der Waals surface area (Å²) >= 11 is 5.00. The second kappa shape index (κ2) is 5.56. The van der Waals surface area contributed by atoms with E-state index < -0.39 is 0 Å². The van der Waals surface area contributed by atoms with Crippen LogP contribution < -0.4 is 4.74 Å². The molecular weight excluding hydrogens is 210 g/mol. The van der Waals surface area contributed by atoms with Gasteiger partial charge in [-0.3, -0.25) is 0 Å². The summed E-state index contributed by atoms with van der Waals surface area (Å²) in [5.74, 6) is 0.842. The molecule has 0 unspecified atom stereocenters. The van der Waals surface area contributed by atoms with Crippen LogP contribution in [0.25, 0.3) is 0 Å². The summed E-state index contributed by atoms with van der Waals surface area (Å²) in [6, 6.07) is 7.71. The Labute approximate surface area is 95.6 Å². The molecule has 0 aliphatic heterocycles. The van der Waals surface area contributed by atoms with Gasteiger partial charge in [0.15, 0.2) is 0 Å². The molecular formula is C11H15NO2S. The van der Waals surface area contributed by atoms with E-state index in [1.807, 2.05) is 38.4 Å². The minimum absolute atomic E-state index is 0.487. The normalized spacial score (nSPS) is 9.53. The fraction of sp³-hybridized carbons (Fsp3) is 0.364. The third-order valence-corrected chi connectivity index (χ3v) is 2.37. The summed E-state index contributed by atoms with van der Waals surface area (Å²) in [5, 5.41) is 0.491. The number of hydrogen-bond acceptors (Lipinski definition) is 3. The van der Waals surface area contributed by atoms with Gasteiger partial charge in [-0.1, -0.05) is 12.1 Å². The summed E-state index contributed by atoms with van der Waals surface area (Å²) in [6.45, 7) is 0.487. The van der Waals surface area contributed by atoms with Crippen LogP contribution in [0.15, 0.2) is 24.3 Å². The third-order valence-electron chi connectivity index (χ3n) is 1.89. The molecule has 15 heavy (non-hydrogen) atoms. The molecule has 3 nitrogen and oxygen atoms in total. The number of benzene rings is 1. The predicted molar refractivity (Wildman–Crippen MR) is 64.1 cm³/mol. The molecule has 0 spiro atoms. The van der Waals surface area contributed by atoms with Crippen molar-refractivity contribution in [2.75, 3.05) is 21.2 Å². The highest BCUT2D eigenvalue weighted by Crippen LogP contribution is 2.12. The predicted octanol–water partition coefficient (Wildman–Crippen LogP) is 2.06. The molecule has 4 heteroatoms. The van der Waals surface area contributed by atoms with E-state index in [1.54, 1.807) is 12.0 Å². The van der Waals surface area contributed by atoms with Crippen LogP contribution in [0.5, 0.6) is 5.75 Å². The van der Waals surface area contributed by atoms with Crippen molar-refractivity contribution in [1.29, 1.82) is 0 Å². The van der Waals surface area contributed by atoms with Crippen molar-refractivity contribution in [2.24, 2.45) is 0 Å². The van der Waals surface area contributed by atoms with Gasteiger partial charge in [-0.05, 0) is 29.9 Å². The fourth-order valence-corrected chi connectivity index (χ4v) is 1.05. The first kappa shape index (κ1) is 11.8.